The van der Waals surface area contributed by atoms with E-state index in [-0.39, 0.29) is 58.8 Å². The molecule has 0 N–H and O–H groups in total. The van der Waals surface area contributed by atoms with E-state index in [1.807, 2.05) is 13.8 Å². The molecule has 0 bridgehead atoms. The van der Waals surface area contributed by atoms with Crippen LogP contribution in [0.1, 0.15) is 50.5 Å². The average Bonchev–Trinajstić information content (AvgIpc) is 3.65. The van der Waals surface area contributed by atoms with E-state index in [9.17, 15) is 26.7 Å². The lowest BCUT2D eigenvalue weighted by Crippen LogP contribution is -2.25. The number of hydrogen-bond donors (Lipinski definition) is 0. The molecule has 0 saturated heterocycles. The summed E-state index contributed by atoms with van der Waals surface area (Å²) in [4.78, 5) is 21.8. The number of alkyl halides is 3. The van der Waals surface area contributed by atoms with Gasteiger partial charge in [0.25, 0.3) is 0 Å². The number of unbranched alkanes of at least 4 members (excludes halogenated alkanes) is 1. The number of aromatic nitrogens is 5. The topological polar surface area (TPSA) is 105 Å². The number of esters is 1. The van der Waals surface area contributed by atoms with E-state index < -0.39 is 35.4 Å². The molecule has 0 aliphatic carbocycles. The van der Waals surface area contributed by atoms with Crippen molar-refractivity contribution in [2.75, 3.05) is 13.2 Å². The van der Waals surface area contributed by atoms with Crippen LogP contribution in [0.5, 0.6) is 5.75 Å². The van der Waals surface area contributed by atoms with Crippen molar-refractivity contribution in [2.45, 2.75) is 45.3 Å². The fourth-order valence-electron chi connectivity index (χ4n) is 4.36. The lowest BCUT2D eigenvalue weighted by atomic mass is 10.0. The zero-order chi connectivity index (χ0) is 31.4. The van der Waals surface area contributed by atoms with Gasteiger partial charge in [-0.25, -0.2) is 28.2 Å². The second-order valence-electron chi connectivity index (χ2n) is 9.76. The number of carbonyl (C=O) groups is 1. The standard InChI is InChI=1S/C30H26F5N5O4/c1-3-5-12-43-29(41)27(40-16-24-23(15-36-40)37-28(38-24)19-7-6-8-21(31)26(19)32)25-14-22(39-44-25)18-10-9-17(42-11-4-2)13-20(18)30(33,34)35/h6-10,13-16,27H,3-5,11-12H2,1-2H3. The highest BCUT2D eigenvalue weighted by Gasteiger charge is 2.36. The minimum absolute atomic E-state index is 0.0466. The van der Waals surface area contributed by atoms with Crippen LogP contribution in [0.3, 0.4) is 0 Å². The quantitative estimate of drug-likeness (QED) is 0.0879. The number of benzene rings is 2. The average molecular weight is 616 g/mol. The van der Waals surface area contributed by atoms with Crippen molar-refractivity contribution >= 4 is 5.97 Å². The molecule has 2 aromatic carbocycles. The molecule has 14 heteroatoms. The number of hydrogen-bond acceptors (Lipinski definition) is 8. The number of imidazole rings is 1. The maximum Gasteiger partial charge on any atom is 0.417 e. The predicted octanol–water partition coefficient (Wildman–Crippen LogP) is 7.12. The van der Waals surface area contributed by atoms with Gasteiger partial charge in [0.15, 0.2) is 23.2 Å². The highest BCUT2D eigenvalue weighted by Crippen LogP contribution is 2.40. The Kier molecular flexibility index (Phi) is 8.88. The number of halogens is 5. The van der Waals surface area contributed by atoms with Gasteiger partial charge >= 0.3 is 12.1 Å². The van der Waals surface area contributed by atoms with Gasteiger partial charge in [0.1, 0.15) is 22.8 Å². The third kappa shape index (κ3) is 6.38. The summed E-state index contributed by atoms with van der Waals surface area (Å²) < 4.78 is 87.6. The van der Waals surface area contributed by atoms with Gasteiger partial charge in [-0.3, -0.25) is 0 Å². The van der Waals surface area contributed by atoms with Crippen LogP contribution in [-0.4, -0.2) is 44.1 Å². The van der Waals surface area contributed by atoms with Crippen LogP contribution in [0.15, 0.2) is 59.4 Å². The summed E-state index contributed by atoms with van der Waals surface area (Å²) >= 11 is 0. The van der Waals surface area contributed by atoms with Crippen molar-refractivity contribution in [2.24, 2.45) is 0 Å². The van der Waals surface area contributed by atoms with Crippen LogP contribution < -0.4 is 4.74 Å². The van der Waals surface area contributed by atoms with E-state index in [1.54, 1.807) is 0 Å². The highest BCUT2D eigenvalue weighted by molar-refractivity contribution is 5.78. The molecule has 0 amide bonds. The van der Waals surface area contributed by atoms with Gasteiger partial charge in [-0.05, 0) is 43.2 Å². The molecule has 0 radical (unpaired) electrons. The minimum atomic E-state index is -4.74. The summed E-state index contributed by atoms with van der Waals surface area (Å²) in [6.07, 6.45) is -0.253. The zero-order valence-electron chi connectivity index (χ0n) is 23.6. The van der Waals surface area contributed by atoms with Crippen LogP contribution in [0, 0.1) is 11.6 Å². The number of rotatable bonds is 11. The summed E-state index contributed by atoms with van der Waals surface area (Å²) in [5.74, 6) is -3.23. The molecule has 0 fully saturated rings. The smallest absolute Gasteiger partial charge is 0.417 e. The molecule has 2 aliphatic rings. The first-order chi connectivity index (χ1) is 21.1. The SMILES string of the molecule is CCCCOC(=O)C(c1cc(-c2ccc(OCCC)cc2C(F)(F)F)no1)n1cc2nc(-c3cccc(F)c3F)nc-2cn1. The second-order valence-corrected chi connectivity index (χ2v) is 9.76. The largest absolute Gasteiger partial charge is 0.494 e. The Labute approximate surface area is 248 Å². The first-order valence-electron chi connectivity index (χ1n) is 13.7. The summed E-state index contributed by atoms with van der Waals surface area (Å²) in [6.45, 7) is 4.06. The van der Waals surface area contributed by atoms with E-state index in [0.29, 0.717) is 12.8 Å². The fraction of sp³-hybridized carbons (Fsp3) is 0.300. The van der Waals surface area contributed by atoms with Crippen LogP contribution in [0.4, 0.5) is 22.0 Å². The van der Waals surface area contributed by atoms with Crippen molar-refractivity contribution in [3.63, 3.8) is 0 Å². The molecule has 44 heavy (non-hydrogen) atoms. The Morgan fingerprint density at radius 2 is 1.77 bits per heavy atom. The van der Waals surface area contributed by atoms with Crippen molar-refractivity contribution in [1.82, 2.24) is 24.9 Å². The van der Waals surface area contributed by atoms with Crippen LogP contribution >= 0.6 is 0 Å². The summed E-state index contributed by atoms with van der Waals surface area (Å²) in [5, 5.41) is 8.05. The normalized spacial score (nSPS) is 12.4. The Bertz CT molecular complexity index is 1740. The number of carbonyl (C=O) groups excluding carboxylic acids is 1. The summed E-state index contributed by atoms with van der Waals surface area (Å²) in [7, 11) is 0. The van der Waals surface area contributed by atoms with Crippen LogP contribution in [0.2, 0.25) is 0 Å². The van der Waals surface area contributed by atoms with Crippen molar-refractivity contribution in [3.8, 4) is 39.8 Å². The maximum atomic E-state index is 14.4. The van der Waals surface area contributed by atoms with Gasteiger partial charge in [-0.1, -0.05) is 31.5 Å². The Hall–Kier alpha value is -4.88. The molecule has 3 heterocycles. The number of ether oxygens (including phenoxy) is 2. The van der Waals surface area contributed by atoms with Gasteiger partial charge in [-0.15, -0.1) is 0 Å². The second kappa shape index (κ2) is 12.8. The van der Waals surface area contributed by atoms with Crippen molar-refractivity contribution in [3.05, 3.63) is 77.8 Å². The Balaban J connectivity index is 1.55. The molecule has 0 saturated carbocycles. The van der Waals surface area contributed by atoms with Crippen LogP contribution in [0.25, 0.3) is 34.0 Å². The summed E-state index contributed by atoms with van der Waals surface area (Å²) in [6, 6.07) is 6.87. The van der Waals surface area contributed by atoms with E-state index >= 15 is 0 Å². The monoisotopic (exact) mass is 615 g/mol. The summed E-state index contributed by atoms with van der Waals surface area (Å²) in [5.41, 5.74) is -1.24. The molecule has 9 nitrogen and oxygen atoms in total. The molecule has 0 spiro atoms. The first kappa shape index (κ1) is 30.6. The highest BCUT2D eigenvalue weighted by atomic mass is 19.4. The van der Waals surface area contributed by atoms with Gasteiger partial charge < -0.3 is 14.0 Å². The van der Waals surface area contributed by atoms with Gasteiger partial charge in [-0.2, -0.15) is 18.3 Å². The zero-order valence-corrected chi connectivity index (χ0v) is 23.6. The van der Waals surface area contributed by atoms with Crippen molar-refractivity contribution < 1.29 is 40.7 Å². The van der Waals surface area contributed by atoms with E-state index in [4.69, 9.17) is 14.0 Å². The molecule has 2 aliphatic heterocycles. The molecule has 1 aromatic heterocycles. The molecule has 5 rings (SSSR count). The number of fused-ring (bicyclic) bond motifs is 1. The van der Waals surface area contributed by atoms with Crippen molar-refractivity contribution in [1.29, 1.82) is 0 Å². The third-order valence-corrected chi connectivity index (χ3v) is 6.55. The molecule has 230 valence electrons. The van der Waals surface area contributed by atoms with Gasteiger partial charge in [0.2, 0.25) is 6.04 Å². The van der Waals surface area contributed by atoms with E-state index in [2.05, 4.69) is 20.2 Å². The predicted molar refractivity (Wildman–Crippen MR) is 147 cm³/mol. The minimum Gasteiger partial charge on any atom is -0.494 e. The Morgan fingerprint density at radius 3 is 2.52 bits per heavy atom. The molecule has 1 atom stereocenters. The van der Waals surface area contributed by atoms with Gasteiger partial charge in [0, 0.05) is 11.6 Å². The Morgan fingerprint density at radius 1 is 0.977 bits per heavy atom. The lowest BCUT2D eigenvalue weighted by molar-refractivity contribution is -0.147. The molecule has 1 unspecified atom stereocenters. The first-order valence-corrected chi connectivity index (χ1v) is 13.7. The number of nitrogens with zero attached hydrogens (tertiary/aromatic N) is 5. The van der Waals surface area contributed by atoms with Gasteiger partial charge in [0.05, 0.1) is 36.7 Å². The van der Waals surface area contributed by atoms with E-state index in [0.717, 1.165) is 23.2 Å². The fourth-order valence-corrected chi connectivity index (χ4v) is 4.36. The molecular formula is C30H26F5N5O4. The lowest BCUT2D eigenvalue weighted by Gasteiger charge is -2.16. The molecular weight excluding hydrogens is 589 g/mol. The third-order valence-electron chi connectivity index (χ3n) is 6.55. The maximum absolute atomic E-state index is 14.4. The molecule has 3 aromatic rings. The van der Waals surface area contributed by atoms with Crippen LogP contribution in [-0.2, 0) is 15.7 Å². The van der Waals surface area contributed by atoms with E-state index in [1.165, 1.54) is 42.7 Å².